The van der Waals surface area contributed by atoms with Crippen LogP contribution in [-0.2, 0) is 11.2 Å². The van der Waals surface area contributed by atoms with E-state index < -0.39 is 0 Å². The number of amides is 3. The molecule has 4 rings (SSSR count). The number of fused-ring (bicyclic) bond motifs is 1. The minimum atomic E-state index is -0.319. The molecule has 0 saturated carbocycles. The number of carbonyl (C=O) groups excluding carboxylic acids is 2. The van der Waals surface area contributed by atoms with Gasteiger partial charge in [0.25, 0.3) is 0 Å². The SMILES string of the molecule is NC(=O)N1CCC(N2CCN(C(=O)[CH]Cc3ccc4[nH]ccc4c3)CC2)CC1. The largest absolute Gasteiger partial charge is 0.361 e. The van der Waals surface area contributed by atoms with E-state index in [1.165, 1.54) is 5.39 Å². The molecule has 0 aliphatic carbocycles. The third-order valence-electron chi connectivity index (χ3n) is 6.05. The predicted octanol–water partition coefficient (Wildman–Crippen LogP) is 1.60. The maximum Gasteiger partial charge on any atom is 0.314 e. The van der Waals surface area contributed by atoms with Gasteiger partial charge in [-0.05, 0) is 48.4 Å². The van der Waals surface area contributed by atoms with E-state index in [9.17, 15) is 9.59 Å². The van der Waals surface area contributed by atoms with Crippen molar-refractivity contribution in [2.75, 3.05) is 39.3 Å². The lowest BCUT2D eigenvalue weighted by atomic mass is 10.0. The van der Waals surface area contributed by atoms with Gasteiger partial charge in [-0.15, -0.1) is 0 Å². The Morgan fingerprint density at radius 3 is 2.50 bits per heavy atom. The molecular weight excluding hydrogens is 354 g/mol. The van der Waals surface area contributed by atoms with Crippen molar-refractivity contribution in [2.45, 2.75) is 25.3 Å². The van der Waals surface area contributed by atoms with Crippen LogP contribution in [0.15, 0.2) is 30.5 Å². The molecule has 7 heteroatoms. The van der Waals surface area contributed by atoms with Crippen LogP contribution in [0.25, 0.3) is 10.9 Å². The van der Waals surface area contributed by atoms with Gasteiger partial charge in [0.1, 0.15) is 0 Å². The Balaban J connectivity index is 1.22. The summed E-state index contributed by atoms with van der Waals surface area (Å²) in [7, 11) is 0. The minimum Gasteiger partial charge on any atom is -0.361 e. The number of nitrogens with two attached hydrogens (primary N) is 1. The minimum absolute atomic E-state index is 0.123. The fourth-order valence-electron chi connectivity index (χ4n) is 4.32. The molecule has 2 fully saturated rings. The van der Waals surface area contributed by atoms with Gasteiger partial charge in [0, 0.05) is 57.0 Å². The number of H-pyrrole nitrogens is 1. The molecule has 2 saturated heterocycles. The van der Waals surface area contributed by atoms with Crippen molar-refractivity contribution < 1.29 is 9.59 Å². The number of hydrogen-bond acceptors (Lipinski definition) is 3. The van der Waals surface area contributed by atoms with E-state index in [0.717, 1.165) is 63.2 Å². The highest BCUT2D eigenvalue weighted by Gasteiger charge is 2.29. The Kier molecular flexibility index (Phi) is 5.52. The Morgan fingerprint density at radius 2 is 1.79 bits per heavy atom. The number of aromatic nitrogens is 1. The summed E-state index contributed by atoms with van der Waals surface area (Å²) in [6, 6.07) is 8.48. The number of nitrogens with zero attached hydrogens (tertiary/aromatic N) is 3. The third-order valence-corrected chi connectivity index (χ3v) is 6.05. The van der Waals surface area contributed by atoms with E-state index in [-0.39, 0.29) is 11.9 Å². The van der Waals surface area contributed by atoms with Gasteiger partial charge < -0.3 is 20.5 Å². The smallest absolute Gasteiger partial charge is 0.314 e. The number of aromatic amines is 1. The maximum atomic E-state index is 12.6. The number of nitrogens with one attached hydrogen (secondary N) is 1. The third kappa shape index (κ3) is 4.14. The van der Waals surface area contributed by atoms with Crippen LogP contribution in [0.3, 0.4) is 0 Å². The Bertz CT molecular complexity index is 832. The second-order valence-electron chi connectivity index (χ2n) is 7.73. The van der Waals surface area contributed by atoms with Crippen LogP contribution in [0.2, 0.25) is 0 Å². The molecule has 0 bridgehead atoms. The van der Waals surface area contributed by atoms with Crippen molar-refractivity contribution in [3.8, 4) is 0 Å². The van der Waals surface area contributed by atoms with E-state index in [4.69, 9.17) is 5.73 Å². The summed E-state index contributed by atoms with van der Waals surface area (Å²) in [6.07, 6.45) is 6.32. The molecule has 3 amide bonds. The van der Waals surface area contributed by atoms with Crippen molar-refractivity contribution in [1.29, 1.82) is 0 Å². The van der Waals surface area contributed by atoms with Crippen LogP contribution in [0.1, 0.15) is 18.4 Å². The van der Waals surface area contributed by atoms with E-state index >= 15 is 0 Å². The van der Waals surface area contributed by atoms with Gasteiger partial charge in [0.15, 0.2) is 0 Å². The maximum absolute atomic E-state index is 12.6. The molecule has 0 spiro atoms. The Morgan fingerprint density at radius 1 is 1.04 bits per heavy atom. The molecule has 2 aliphatic rings. The van der Waals surface area contributed by atoms with Crippen molar-refractivity contribution in [2.24, 2.45) is 5.73 Å². The topological polar surface area (TPSA) is 85.7 Å². The first-order valence-corrected chi connectivity index (χ1v) is 10.1. The van der Waals surface area contributed by atoms with Crippen LogP contribution < -0.4 is 5.73 Å². The Labute approximate surface area is 165 Å². The number of piperidine rings is 1. The summed E-state index contributed by atoms with van der Waals surface area (Å²) in [4.78, 5) is 33.1. The number of piperazine rings is 1. The lowest BCUT2D eigenvalue weighted by Crippen LogP contribution is -2.55. The number of benzene rings is 1. The lowest BCUT2D eigenvalue weighted by Gasteiger charge is -2.42. The zero-order valence-corrected chi connectivity index (χ0v) is 16.1. The van der Waals surface area contributed by atoms with Crippen molar-refractivity contribution in [1.82, 2.24) is 19.7 Å². The summed E-state index contributed by atoms with van der Waals surface area (Å²) in [5.41, 5.74) is 7.63. The van der Waals surface area contributed by atoms with Crippen LogP contribution in [0.5, 0.6) is 0 Å². The normalized spacial score (nSPS) is 19.3. The average molecular weight is 382 g/mol. The van der Waals surface area contributed by atoms with Crippen LogP contribution in [0, 0.1) is 6.42 Å². The summed E-state index contributed by atoms with van der Waals surface area (Å²) < 4.78 is 0. The molecule has 2 aromatic rings. The van der Waals surface area contributed by atoms with Gasteiger partial charge in [-0.1, -0.05) is 6.07 Å². The predicted molar refractivity (Wildman–Crippen MR) is 109 cm³/mol. The second kappa shape index (κ2) is 8.22. The summed E-state index contributed by atoms with van der Waals surface area (Å²) in [5, 5.41) is 1.18. The van der Waals surface area contributed by atoms with Gasteiger partial charge in [-0.3, -0.25) is 9.69 Å². The fourth-order valence-corrected chi connectivity index (χ4v) is 4.32. The van der Waals surface area contributed by atoms with E-state index in [2.05, 4.69) is 28.1 Å². The molecule has 1 aromatic carbocycles. The first-order valence-electron chi connectivity index (χ1n) is 10.1. The van der Waals surface area contributed by atoms with Crippen LogP contribution in [0.4, 0.5) is 4.79 Å². The number of likely N-dealkylation sites (tertiary alicyclic amines) is 1. The molecule has 3 heterocycles. The molecule has 1 radical (unpaired) electrons. The molecule has 7 nitrogen and oxygen atoms in total. The number of carbonyl (C=O) groups is 2. The number of urea groups is 1. The van der Waals surface area contributed by atoms with Gasteiger partial charge >= 0.3 is 6.03 Å². The zero-order valence-electron chi connectivity index (χ0n) is 16.1. The van der Waals surface area contributed by atoms with Gasteiger partial charge in [-0.2, -0.15) is 0 Å². The average Bonchev–Trinajstić information content (AvgIpc) is 3.20. The second-order valence-corrected chi connectivity index (χ2v) is 7.73. The Hall–Kier alpha value is -2.54. The standard InChI is InChI=1S/C21H28N5O2/c22-21(28)26-9-6-18(7-10-26)24-11-13-25(14-12-24)20(27)4-2-16-1-3-19-17(15-16)5-8-23-19/h1,3-5,8,15,18,23H,2,6-7,9-14H2,(H2,22,28). The first-order chi connectivity index (χ1) is 13.6. The highest BCUT2D eigenvalue weighted by molar-refractivity contribution is 5.86. The highest BCUT2D eigenvalue weighted by Crippen LogP contribution is 2.19. The van der Waals surface area contributed by atoms with Crippen LogP contribution >= 0.6 is 0 Å². The number of primary amides is 1. The lowest BCUT2D eigenvalue weighted by molar-refractivity contribution is -0.129. The van der Waals surface area contributed by atoms with Crippen LogP contribution in [-0.4, -0.2) is 76.9 Å². The zero-order chi connectivity index (χ0) is 19.5. The first kappa shape index (κ1) is 18.8. The molecule has 28 heavy (non-hydrogen) atoms. The quantitative estimate of drug-likeness (QED) is 0.842. The molecule has 0 unspecified atom stereocenters. The number of hydrogen-bond donors (Lipinski definition) is 2. The molecule has 0 atom stereocenters. The van der Waals surface area contributed by atoms with Crippen molar-refractivity contribution >= 4 is 22.8 Å². The molecule has 2 aliphatic heterocycles. The van der Waals surface area contributed by atoms with Crippen molar-refractivity contribution in [3.63, 3.8) is 0 Å². The molecule has 1 aromatic heterocycles. The monoisotopic (exact) mass is 382 g/mol. The highest BCUT2D eigenvalue weighted by atomic mass is 16.2. The van der Waals surface area contributed by atoms with Gasteiger partial charge in [0.2, 0.25) is 5.91 Å². The summed E-state index contributed by atoms with van der Waals surface area (Å²) in [5.74, 6) is 0.123. The van der Waals surface area contributed by atoms with E-state index in [0.29, 0.717) is 12.5 Å². The summed E-state index contributed by atoms with van der Waals surface area (Å²) >= 11 is 0. The van der Waals surface area contributed by atoms with E-state index in [1.807, 2.05) is 17.2 Å². The fraction of sp³-hybridized carbons (Fsp3) is 0.476. The summed E-state index contributed by atoms with van der Waals surface area (Å²) in [6.45, 7) is 4.80. The van der Waals surface area contributed by atoms with Gasteiger partial charge in [-0.25, -0.2) is 4.79 Å². The molecule has 3 N–H and O–H groups in total. The van der Waals surface area contributed by atoms with Crippen molar-refractivity contribution in [3.05, 3.63) is 42.4 Å². The van der Waals surface area contributed by atoms with Gasteiger partial charge in [0.05, 0.1) is 6.42 Å². The molecule has 149 valence electrons. The molecular formula is C21H28N5O2. The van der Waals surface area contributed by atoms with E-state index in [1.54, 1.807) is 11.3 Å². The number of rotatable bonds is 4.